The van der Waals surface area contributed by atoms with Crippen LogP contribution >= 0.6 is 22.9 Å². The summed E-state index contributed by atoms with van der Waals surface area (Å²) in [4.78, 5) is 9.73. The third kappa shape index (κ3) is 1.73. The van der Waals surface area contributed by atoms with Crippen molar-refractivity contribution in [2.75, 3.05) is 0 Å². The lowest BCUT2D eigenvalue weighted by molar-refractivity contribution is 0.955. The van der Waals surface area contributed by atoms with Crippen LogP contribution in [0.1, 0.15) is 11.4 Å². The van der Waals surface area contributed by atoms with Crippen molar-refractivity contribution in [1.29, 1.82) is 0 Å². The maximum atomic E-state index is 5.88. The fraction of sp³-hybridized carbons (Fsp3) is 0.167. The summed E-state index contributed by atoms with van der Waals surface area (Å²) in [5, 5.41) is 1.45. The lowest BCUT2D eigenvalue weighted by Crippen LogP contribution is -1.97. The van der Waals surface area contributed by atoms with Crippen molar-refractivity contribution in [3.63, 3.8) is 0 Å². The predicted octanol–water partition coefficient (Wildman–Crippen LogP) is 3.75. The zero-order chi connectivity index (χ0) is 12.0. The zero-order valence-electron chi connectivity index (χ0n) is 9.44. The first-order valence-corrected chi connectivity index (χ1v) is 6.43. The van der Waals surface area contributed by atoms with Crippen LogP contribution in [-0.2, 0) is 0 Å². The topological polar surface area (TPSA) is 30.7 Å². The normalized spacial score (nSPS) is 11.2. The molecule has 0 radical (unpaired) electrons. The number of pyridine rings is 1. The van der Waals surface area contributed by atoms with Gasteiger partial charge in [0.1, 0.15) is 15.5 Å². The number of fused-ring (bicyclic) bond motifs is 1. The number of halogens is 1. The van der Waals surface area contributed by atoms with Crippen molar-refractivity contribution >= 4 is 33.3 Å². The average molecular weight is 264 g/mol. The van der Waals surface area contributed by atoms with E-state index < -0.39 is 0 Å². The number of hydrogen-bond donors (Lipinski definition) is 0. The summed E-state index contributed by atoms with van der Waals surface area (Å²) in [7, 11) is 0. The Kier molecular flexibility index (Phi) is 2.42. The van der Waals surface area contributed by atoms with E-state index in [1.165, 1.54) is 11.4 Å². The third-order valence-electron chi connectivity index (χ3n) is 2.67. The molecule has 17 heavy (non-hydrogen) atoms. The average Bonchev–Trinajstić information content (AvgIpc) is 2.81. The van der Waals surface area contributed by atoms with Gasteiger partial charge >= 0.3 is 0 Å². The first kappa shape index (κ1) is 10.7. The number of nitrogens with zero attached hydrogens (tertiary/aromatic N) is 3. The van der Waals surface area contributed by atoms with Crippen LogP contribution in [0.2, 0.25) is 5.15 Å². The van der Waals surface area contributed by atoms with E-state index in [1.807, 2.05) is 6.07 Å². The lowest BCUT2D eigenvalue weighted by atomic mass is 10.5. The van der Waals surface area contributed by atoms with Gasteiger partial charge in [-0.1, -0.05) is 22.9 Å². The molecule has 0 spiro atoms. The molecule has 5 heteroatoms. The third-order valence-corrected chi connectivity index (χ3v) is 3.83. The van der Waals surface area contributed by atoms with Crippen LogP contribution in [0.5, 0.6) is 0 Å². The molecule has 3 rings (SSSR count). The van der Waals surface area contributed by atoms with Crippen LogP contribution in [0.4, 0.5) is 0 Å². The standard InChI is InChI=1S/C12H10ClN3S/c1-7-3-4-8(2)16(7)12-14-9-5-6-10(13)15-11(9)17-12/h3-6H,1-2H3. The molecule has 0 saturated heterocycles. The zero-order valence-corrected chi connectivity index (χ0v) is 11.0. The van der Waals surface area contributed by atoms with Gasteiger partial charge in [0.15, 0.2) is 5.13 Å². The monoisotopic (exact) mass is 263 g/mol. The number of rotatable bonds is 1. The highest BCUT2D eigenvalue weighted by Gasteiger charge is 2.10. The van der Waals surface area contributed by atoms with E-state index in [-0.39, 0.29) is 0 Å². The Labute approximate surface area is 108 Å². The second-order valence-electron chi connectivity index (χ2n) is 3.91. The molecule has 3 aromatic heterocycles. The minimum Gasteiger partial charge on any atom is -0.295 e. The molecule has 0 atom stereocenters. The maximum Gasteiger partial charge on any atom is 0.196 e. The first-order valence-electron chi connectivity index (χ1n) is 5.23. The van der Waals surface area contributed by atoms with Crippen LogP contribution in [0, 0.1) is 13.8 Å². The van der Waals surface area contributed by atoms with Crippen LogP contribution in [-0.4, -0.2) is 14.5 Å². The molecule has 0 bridgehead atoms. The summed E-state index contributed by atoms with van der Waals surface area (Å²) in [6, 6.07) is 7.84. The molecule has 0 fully saturated rings. The van der Waals surface area contributed by atoms with Gasteiger partial charge in [0, 0.05) is 11.4 Å². The second-order valence-corrected chi connectivity index (χ2v) is 5.25. The predicted molar refractivity (Wildman–Crippen MR) is 71.2 cm³/mol. The maximum absolute atomic E-state index is 5.88. The SMILES string of the molecule is Cc1ccc(C)n1-c1nc2ccc(Cl)nc2s1. The van der Waals surface area contributed by atoms with Gasteiger partial charge in [-0.2, -0.15) is 0 Å². The minimum absolute atomic E-state index is 0.508. The summed E-state index contributed by atoms with van der Waals surface area (Å²) in [5.74, 6) is 0. The fourth-order valence-electron chi connectivity index (χ4n) is 1.85. The number of aryl methyl sites for hydroxylation is 2. The fourth-order valence-corrected chi connectivity index (χ4v) is 3.10. The van der Waals surface area contributed by atoms with E-state index >= 15 is 0 Å². The Morgan fingerprint density at radius 3 is 2.47 bits per heavy atom. The van der Waals surface area contributed by atoms with Crippen molar-refractivity contribution < 1.29 is 0 Å². The van der Waals surface area contributed by atoms with Crippen molar-refractivity contribution in [3.8, 4) is 5.13 Å². The van der Waals surface area contributed by atoms with Gasteiger partial charge in [-0.3, -0.25) is 4.57 Å². The number of hydrogen-bond acceptors (Lipinski definition) is 3. The van der Waals surface area contributed by atoms with Gasteiger partial charge in [0.2, 0.25) is 0 Å². The molecule has 0 N–H and O–H groups in total. The lowest BCUT2D eigenvalue weighted by Gasteiger charge is -2.03. The minimum atomic E-state index is 0.508. The van der Waals surface area contributed by atoms with Crippen LogP contribution in [0.25, 0.3) is 15.5 Å². The molecule has 0 saturated carbocycles. The quantitative estimate of drug-likeness (QED) is 0.626. The molecular formula is C12H10ClN3S. The molecule has 0 aliphatic carbocycles. The van der Waals surface area contributed by atoms with E-state index in [0.717, 1.165) is 15.5 Å². The molecule has 0 unspecified atom stereocenters. The molecule has 86 valence electrons. The molecule has 3 nitrogen and oxygen atoms in total. The first-order chi connectivity index (χ1) is 8.15. The van der Waals surface area contributed by atoms with Gasteiger partial charge in [0.05, 0.1) is 0 Å². The number of aromatic nitrogens is 3. The summed E-state index contributed by atoms with van der Waals surface area (Å²) in [6.45, 7) is 4.14. The molecule has 0 aliphatic rings. The van der Waals surface area contributed by atoms with E-state index in [1.54, 1.807) is 17.4 Å². The van der Waals surface area contributed by atoms with Crippen LogP contribution < -0.4 is 0 Å². The van der Waals surface area contributed by atoms with Gasteiger partial charge in [-0.25, -0.2) is 9.97 Å². The Balaban J connectivity index is 2.25. The Hall–Kier alpha value is -1.39. The highest BCUT2D eigenvalue weighted by atomic mass is 35.5. The van der Waals surface area contributed by atoms with E-state index in [0.29, 0.717) is 5.15 Å². The molecule has 3 heterocycles. The highest BCUT2D eigenvalue weighted by Crippen LogP contribution is 2.26. The molecule has 0 aromatic carbocycles. The largest absolute Gasteiger partial charge is 0.295 e. The van der Waals surface area contributed by atoms with E-state index in [9.17, 15) is 0 Å². The summed E-state index contributed by atoms with van der Waals surface area (Å²) < 4.78 is 2.13. The van der Waals surface area contributed by atoms with Crippen molar-refractivity contribution in [2.45, 2.75) is 13.8 Å². The van der Waals surface area contributed by atoms with Crippen molar-refractivity contribution in [2.24, 2.45) is 0 Å². The molecular weight excluding hydrogens is 254 g/mol. The van der Waals surface area contributed by atoms with E-state index in [2.05, 4.69) is 40.5 Å². The second kappa shape index (κ2) is 3.82. The summed E-state index contributed by atoms with van der Waals surface area (Å²) >= 11 is 7.43. The van der Waals surface area contributed by atoms with Crippen molar-refractivity contribution in [3.05, 3.63) is 40.8 Å². The Morgan fingerprint density at radius 1 is 1.06 bits per heavy atom. The molecule has 3 aromatic rings. The number of thiazole rings is 1. The Bertz CT molecular complexity index is 679. The summed E-state index contributed by atoms with van der Waals surface area (Å²) in [6.07, 6.45) is 0. The van der Waals surface area contributed by atoms with Gasteiger partial charge in [0.25, 0.3) is 0 Å². The Morgan fingerprint density at radius 2 is 1.76 bits per heavy atom. The highest BCUT2D eigenvalue weighted by molar-refractivity contribution is 7.20. The van der Waals surface area contributed by atoms with Gasteiger partial charge in [-0.15, -0.1) is 0 Å². The van der Waals surface area contributed by atoms with Gasteiger partial charge in [-0.05, 0) is 38.1 Å². The smallest absolute Gasteiger partial charge is 0.196 e. The molecule has 0 aliphatic heterocycles. The van der Waals surface area contributed by atoms with Crippen LogP contribution in [0.15, 0.2) is 24.3 Å². The molecule has 0 amide bonds. The van der Waals surface area contributed by atoms with E-state index in [4.69, 9.17) is 11.6 Å². The van der Waals surface area contributed by atoms with Gasteiger partial charge < -0.3 is 0 Å². The van der Waals surface area contributed by atoms with Crippen molar-refractivity contribution in [1.82, 2.24) is 14.5 Å². The van der Waals surface area contributed by atoms with Crippen LogP contribution in [0.3, 0.4) is 0 Å². The summed E-state index contributed by atoms with van der Waals surface area (Å²) in [5.41, 5.74) is 3.24.